The summed E-state index contributed by atoms with van der Waals surface area (Å²) in [6.07, 6.45) is 0.830. The summed E-state index contributed by atoms with van der Waals surface area (Å²) in [5.41, 5.74) is 12.0. The van der Waals surface area contributed by atoms with Crippen molar-refractivity contribution in [3.8, 4) is 0 Å². The van der Waals surface area contributed by atoms with Gasteiger partial charge in [-0.3, -0.25) is 0 Å². The molecule has 1 aromatic heterocycles. The lowest BCUT2D eigenvalue weighted by Gasteiger charge is -2.18. The first-order valence-corrected chi connectivity index (χ1v) is 4.67. The van der Waals surface area contributed by atoms with Gasteiger partial charge in [-0.1, -0.05) is 0 Å². The Bertz CT molecular complexity index is 280. The quantitative estimate of drug-likeness (QED) is 0.660. The lowest BCUT2D eigenvalue weighted by atomic mass is 9.97. The third-order valence-corrected chi connectivity index (χ3v) is 2.76. The van der Waals surface area contributed by atoms with Crippen LogP contribution in [0.1, 0.15) is 12.1 Å². The first kappa shape index (κ1) is 7.97. The number of anilines is 1. The van der Waals surface area contributed by atoms with Crippen LogP contribution >= 0.6 is 11.3 Å². The van der Waals surface area contributed by atoms with Crippen LogP contribution < -0.4 is 11.5 Å². The summed E-state index contributed by atoms with van der Waals surface area (Å²) in [7, 11) is 0. The number of hydrogen-bond donors (Lipinski definition) is 2. The Morgan fingerprint density at radius 1 is 1.67 bits per heavy atom. The van der Waals surface area contributed by atoms with Crippen LogP contribution in [0.2, 0.25) is 0 Å². The van der Waals surface area contributed by atoms with Gasteiger partial charge in [0, 0.05) is 12.0 Å². The molecule has 0 aromatic carbocycles. The monoisotopic (exact) mass is 185 g/mol. The molecule has 0 aliphatic carbocycles. The Hall–Kier alpha value is -0.650. The molecule has 12 heavy (non-hydrogen) atoms. The predicted octanol–water partition coefficient (Wildman–Crippen LogP) is 0.300. The van der Waals surface area contributed by atoms with Crippen molar-refractivity contribution < 1.29 is 4.74 Å². The van der Waals surface area contributed by atoms with Gasteiger partial charge >= 0.3 is 0 Å². The third-order valence-electron chi connectivity index (χ3n) is 2.08. The van der Waals surface area contributed by atoms with Gasteiger partial charge in [-0.05, 0) is 6.42 Å². The molecule has 4 N–H and O–H groups in total. The second-order valence-electron chi connectivity index (χ2n) is 3.03. The molecule has 1 unspecified atom stereocenters. The van der Waals surface area contributed by atoms with Crippen molar-refractivity contribution in [1.82, 2.24) is 4.98 Å². The molecule has 4 nitrogen and oxygen atoms in total. The summed E-state index contributed by atoms with van der Waals surface area (Å²) in [5.74, 6) is 0. The predicted molar refractivity (Wildman–Crippen MR) is 47.8 cm³/mol. The van der Waals surface area contributed by atoms with Gasteiger partial charge < -0.3 is 16.2 Å². The number of nitrogens with two attached hydrogens (primary N) is 2. The molecule has 1 aromatic rings. The van der Waals surface area contributed by atoms with E-state index in [9.17, 15) is 0 Å². The molecule has 5 heteroatoms. The molecule has 1 fully saturated rings. The van der Waals surface area contributed by atoms with E-state index in [0.717, 1.165) is 12.1 Å². The zero-order valence-electron chi connectivity index (χ0n) is 6.62. The number of thiazole rings is 1. The van der Waals surface area contributed by atoms with Gasteiger partial charge in [0.15, 0.2) is 5.13 Å². The number of ether oxygens (including phenoxy) is 1. The van der Waals surface area contributed by atoms with Crippen LogP contribution in [-0.4, -0.2) is 18.2 Å². The second kappa shape index (κ2) is 2.69. The number of rotatable bonds is 1. The van der Waals surface area contributed by atoms with Crippen LogP contribution in [0.15, 0.2) is 5.38 Å². The van der Waals surface area contributed by atoms with Gasteiger partial charge in [0.05, 0.1) is 17.8 Å². The van der Waals surface area contributed by atoms with Gasteiger partial charge in [0.25, 0.3) is 0 Å². The molecule has 0 bridgehead atoms. The maximum absolute atomic E-state index is 6.06. The summed E-state index contributed by atoms with van der Waals surface area (Å²) in [6, 6.07) is 0. The summed E-state index contributed by atoms with van der Waals surface area (Å²) in [6.45, 7) is 1.27. The first-order chi connectivity index (χ1) is 5.71. The Balaban J connectivity index is 2.28. The average Bonchev–Trinajstić information content (AvgIpc) is 2.59. The fraction of sp³-hybridized carbons (Fsp3) is 0.571. The second-order valence-corrected chi connectivity index (χ2v) is 3.92. The highest BCUT2D eigenvalue weighted by molar-refractivity contribution is 7.13. The summed E-state index contributed by atoms with van der Waals surface area (Å²) >= 11 is 1.42. The van der Waals surface area contributed by atoms with Crippen LogP contribution in [0.25, 0.3) is 0 Å². The highest BCUT2D eigenvalue weighted by atomic mass is 32.1. The standard InChI is InChI=1S/C7H11N3OS/c8-6-10-5(3-12-6)7(9)1-2-11-4-7/h3H,1-2,4,9H2,(H2,8,10). The van der Waals surface area contributed by atoms with Crippen LogP contribution in [-0.2, 0) is 10.3 Å². The van der Waals surface area contributed by atoms with E-state index in [-0.39, 0.29) is 0 Å². The topological polar surface area (TPSA) is 74.2 Å². The van der Waals surface area contributed by atoms with E-state index < -0.39 is 5.54 Å². The van der Waals surface area contributed by atoms with Gasteiger partial charge in [-0.2, -0.15) is 0 Å². The number of nitrogens with zero attached hydrogens (tertiary/aromatic N) is 1. The molecule has 0 spiro atoms. The SMILES string of the molecule is Nc1nc(C2(N)CCOC2)cs1. The number of hydrogen-bond acceptors (Lipinski definition) is 5. The smallest absolute Gasteiger partial charge is 0.180 e. The zero-order valence-corrected chi connectivity index (χ0v) is 7.43. The summed E-state index contributed by atoms with van der Waals surface area (Å²) in [5, 5.41) is 2.48. The van der Waals surface area contributed by atoms with Crippen LogP contribution in [0.4, 0.5) is 5.13 Å². The first-order valence-electron chi connectivity index (χ1n) is 3.79. The highest BCUT2D eigenvalue weighted by Crippen LogP contribution is 2.28. The van der Waals surface area contributed by atoms with Crippen molar-refractivity contribution >= 4 is 16.5 Å². The van der Waals surface area contributed by atoms with Crippen LogP contribution in [0, 0.1) is 0 Å². The minimum atomic E-state index is -0.395. The maximum Gasteiger partial charge on any atom is 0.180 e. The van der Waals surface area contributed by atoms with E-state index in [1.54, 1.807) is 0 Å². The fourth-order valence-electron chi connectivity index (χ4n) is 1.30. The largest absolute Gasteiger partial charge is 0.379 e. The third kappa shape index (κ3) is 1.20. The van der Waals surface area contributed by atoms with Crippen molar-refractivity contribution in [3.05, 3.63) is 11.1 Å². The lowest BCUT2D eigenvalue weighted by molar-refractivity contribution is 0.177. The Morgan fingerprint density at radius 3 is 3.00 bits per heavy atom. The molecule has 66 valence electrons. The van der Waals surface area contributed by atoms with E-state index in [1.807, 2.05) is 5.38 Å². The van der Waals surface area contributed by atoms with Gasteiger partial charge in [0.1, 0.15) is 0 Å². The number of aromatic nitrogens is 1. The van der Waals surface area contributed by atoms with Crippen molar-refractivity contribution in [2.24, 2.45) is 5.73 Å². The van der Waals surface area contributed by atoms with Gasteiger partial charge in [-0.15, -0.1) is 11.3 Å². The van der Waals surface area contributed by atoms with E-state index >= 15 is 0 Å². The molecule has 1 aliphatic heterocycles. The normalized spacial score (nSPS) is 29.4. The van der Waals surface area contributed by atoms with Gasteiger partial charge in [-0.25, -0.2) is 4.98 Å². The molecule has 2 heterocycles. The average molecular weight is 185 g/mol. The van der Waals surface area contributed by atoms with Gasteiger partial charge in [0.2, 0.25) is 0 Å². The molecular formula is C7H11N3OS. The molecule has 0 amide bonds. The molecule has 1 aliphatic rings. The maximum atomic E-state index is 6.06. The summed E-state index contributed by atoms with van der Waals surface area (Å²) in [4.78, 5) is 4.16. The minimum absolute atomic E-state index is 0.395. The summed E-state index contributed by atoms with van der Waals surface area (Å²) < 4.78 is 5.22. The molecule has 2 rings (SSSR count). The van der Waals surface area contributed by atoms with E-state index in [1.165, 1.54) is 11.3 Å². The van der Waals surface area contributed by atoms with Crippen LogP contribution in [0.5, 0.6) is 0 Å². The van der Waals surface area contributed by atoms with E-state index in [0.29, 0.717) is 18.3 Å². The van der Waals surface area contributed by atoms with E-state index in [4.69, 9.17) is 16.2 Å². The Labute approximate surface area is 74.5 Å². The zero-order chi connectivity index (χ0) is 8.60. The lowest BCUT2D eigenvalue weighted by Crippen LogP contribution is -2.37. The van der Waals surface area contributed by atoms with Crippen LogP contribution in [0.3, 0.4) is 0 Å². The number of nitrogen functional groups attached to an aromatic ring is 1. The molecule has 1 saturated heterocycles. The molecule has 0 radical (unpaired) electrons. The van der Waals surface area contributed by atoms with E-state index in [2.05, 4.69) is 4.98 Å². The Morgan fingerprint density at radius 2 is 2.50 bits per heavy atom. The fourth-order valence-corrected chi connectivity index (χ4v) is 1.97. The minimum Gasteiger partial charge on any atom is -0.379 e. The molecule has 1 atom stereocenters. The molecular weight excluding hydrogens is 174 g/mol. The van der Waals surface area contributed by atoms with Crippen molar-refractivity contribution in [2.45, 2.75) is 12.0 Å². The van der Waals surface area contributed by atoms with Crippen molar-refractivity contribution in [1.29, 1.82) is 0 Å². The Kier molecular flexibility index (Phi) is 1.79. The van der Waals surface area contributed by atoms with Crippen molar-refractivity contribution in [2.75, 3.05) is 18.9 Å². The highest BCUT2D eigenvalue weighted by Gasteiger charge is 2.34. The van der Waals surface area contributed by atoms with Crippen molar-refractivity contribution in [3.63, 3.8) is 0 Å². The molecule has 0 saturated carbocycles.